The Kier molecular flexibility index (Phi) is 4.16. The van der Waals surface area contributed by atoms with E-state index in [1.165, 1.54) is 44.9 Å². The Hall–Kier alpha value is -1.22. The van der Waals surface area contributed by atoms with Crippen molar-refractivity contribution in [2.24, 2.45) is 0 Å². The average Bonchev–Trinajstić information content (AvgIpc) is 2.89. The third kappa shape index (κ3) is 3.09. The van der Waals surface area contributed by atoms with Gasteiger partial charge in [0.15, 0.2) is 0 Å². The molecule has 1 aliphatic heterocycles. The zero-order valence-electron chi connectivity index (χ0n) is 12.4. The molecule has 0 amide bonds. The van der Waals surface area contributed by atoms with Gasteiger partial charge in [0.25, 0.3) is 0 Å². The summed E-state index contributed by atoms with van der Waals surface area (Å²) in [6.07, 6.45) is 9.41. The maximum absolute atomic E-state index is 6.37. The summed E-state index contributed by atoms with van der Waals surface area (Å²) in [4.78, 5) is 0. The highest BCUT2D eigenvalue weighted by atomic mass is 16.5. The van der Waals surface area contributed by atoms with Gasteiger partial charge in [0.1, 0.15) is 5.75 Å². The zero-order valence-corrected chi connectivity index (χ0v) is 12.4. The van der Waals surface area contributed by atoms with Gasteiger partial charge in [-0.05, 0) is 37.8 Å². The van der Waals surface area contributed by atoms with E-state index in [-0.39, 0.29) is 5.60 Å². The fourth-order valence-corrected chi connectivity index (χ4v) is 3.57. The van der Waals surface area contributed by atoms with Gasteiger partial charge in [-0.1, -0.05) is 25.3 Å². The van der Waals surface area contributed by atoms with Crippen LogP contribution in [0.25, 0.3) is 0 Å². The number of nitrogens with one attached hydrogen (secondary N) is 1. The van der Waals surface area contributed by atoms with E-state index in [2.05, 4.69) is 11.4 Å². The van der Waals surface area contributed by atoms with Gasteiger partial charge in [-0.2, -0.15) is 0 Å². The lowest BCUT2D eigenvalue weighted by atomic mass is 9.83. The van der Waals surface area contributed by atoms with Crippen molar-refractivity contribution in [2.45, 2.75) is 56.7 Å². The molecule has 0 aromatic heterocycles. The second kappa shape index (κ2) is 6.04. The fourth-order valence-electron chi connectivity index (χ4n) is 3.57. The molecule has 3 rings (SSSR count). The second-order valence-corrected chi connectivity index (χ2v) is 6.14. The Morgan fingerprint density at radius 1 is 1.25 bits per heavy atom. The molecule has 1 atom stereocenters. The van der Waals surface area contributed by atoms with Crippen LogP contribution in [0, 0.1) is 0 Å². The molecular weight excluding hydrogens is 250 g/mol. The van der Waals surface area contributed by atoms with Gasteiger partial charge in [0.05, 0.1) is 18.8 Å². The Bertz CT molecular complexity index is 440. The van der Waals surface area contributed by atoms with Crippen LogP contribution in [0.15, 0.2) is 24.3 Å². The minimum atomic E-state index is 0.221. The molecule has 2 aliphatic rings. The zero-order chi connectivity index (χ0) is 13.8. The number of hydrogen-bond donors (Lipinski definition) is 1. The topological polar surface area (TPSA) is 30.5 Å². The number of benzene rings is 1. The van der Waals surface area contributed by atoms with Gasteiger partial charge in [0, 0.05) is 18.3 Å². The molecule has 1 aliphatic carbocycles. The summed E-state index contributed by atoms with van der Waals surface area (Å²) in [7, 11) is 1.70. The number of methoxy groups -OCH3 is 1. The summed E-state index contributed by atoms with van der Waals surface area (Å²) in [5.41, 5.74) is 1.33. The predicted octanol–water partition coefficient (Wildman–Crippen LogP) is 3.99. The van der Waals surface area contributed by atoms with Crippen LogP contribution in [0.1, 0.15) is 44.9 Å². The van der Waals surface area contributed by atoms with E-state index in [4.69, 9.17) is 9.47 Å². The minimum absolute atomic E-state index is 0.221. The minimum Gasteiger partial charge on any atom is -0.497 e. The maximum atomic E-state index is 6.37. The first-order chi connectivity index (χ1) is 9.80. The number of ether oxygens (including phenoxy) is 2. The van der Waals surface area contributed by atoms with Crippen LogP contribution >= 0.6 is 0 Å². The number of hydrogen-bond acceptors (Lipinski definition) is 3. The summed E-state index contributed by atoms with van der Waals surface area (Å²) in [5, 5.41) is 3.48. The van der Waals surface area contributed by atoms with Gasteiger partial charge >= 0.3 is 0 Å². The Balaban J connectivity index is 1.51. The van der Waals surface area contributed by atoms with E-state index in [0.29, 0.717) is 6.10 Å². The number of anilines is 1. The van der Waals surface area contributed by atoms with Gasteiger partial charge in [-0.15, -0.1) is 0 Å². The van der Waals surface area contributed by atoms with E-state index >= 15 is 0 Å². The molecule has 2 fully saturated rings. The lowest BCUT2D eigenvalue weighted by Gasteiger charge is -2.33. The molecule has 3 nitrogen and oxygen atoms in total. The molecule has 3 heteroatoms. The highest BCUT2D eigenvalue weighted by Crippen LogP contribution is 2.41. The number of rotatable bonds is 4. The van der Waals surface area contributed by atoms with E-state index < -0.39 is 0 Å². The largest absolute Gasteiger partial charge is 0.497 e. The monoisotopic (exact) mass is 275 g/mol. The third-order valence-electron chi connectivity index (χ3n) is 4.71. The van der Waals surface area contributed by atoms with Gasteiger partial charge in [-0.3, -0.25) is 0 Å². The first-order valence-corrected chi connectivity index (χ1v) is 7.85. The van der Waals surface area contributed by atoms with E-state index in [0.717, 1.165) is 18.0 Å². The Morgan fingerprint density at radius 3 is 2.90 bits per heavy atom. The molecule has 110 valence electrons. The van der Waals surface area contributed by atoms with E-state index in [9.17, 15) is 0 Å². The van der Waals surface area contributed by atoms with Crippen LogP contribution in [0.5, 0.6) is 5.75 Å². The van der Waals surface area contributed by atoms with Crippen molar-refractivity contribution in [1.82, 2.24) is 0 Å². The first kappa shape index (κ1) is 13.7. The molecule has 0 radical (unpaired) electrons. The molecule has 1 heterocycles. The average molecular weight is 275 g/mol. The molecule has 0 bridgehead atoms. The van der Waals surface area contributed by atoms with Crippen molar-refractivity contribution in [3.8, 4) is 5.75 Å². The molecular formula is C17H25NO2. The van der Waals surface area contributed by atoms with E-state index in [1.807, 2.05) is 18.2 Å². The quantitative estimate of drug-likeness (QED) is 0.901. The molecule has 1 spiro atoms. The van der Waals surface area contributed by atoms with Crippen LogP contribution in [0.4, 0.5) is 5.69 Å². The van der Waals surface area contributed by atoms with E-state index in [1.54, 1.807) is 7.11 Å². The normalized spacial score (nSPS) is 24.8. The summed E-state index contributed by atoms with van der Waals surface area (Å²) < 4.78 is 11.6. The molecule has 1 saturated heterocycles. The molecule has 1 N–H and O–H groups in total. The lowest BCUT2D eigenvalue weighted by Crippen LogP contribution is -2.33. The van der Waals surface area contributed by atoms with Gasteiger partial charge in [0.2, 0.25) is 0 Å². The maximum Gasteiger partial charge on any atom is 0.120 e. The predicted molar refractivity (Wildman–Crippen MR) is 81.4 cm³/mol. The lowest BCUT2D eigenvalue weighted by molar-refractivity contribution is -0.0588. The second-order valence-electron chi connectivity index (χ2n) is 6.14. The van der Waals surface area contributed by atoms with Crippen LogP contribution in [-0.2, 0) is 4.74 Å². The standard InChI is InChI=1S/C17H25NO2/c1-19-15-7-5-6-14(12-15)18-13-16-8-11-17(20-16)9-3-2-4-10-17/h5-7,12,16,18H,2-4,8-11,13H2,1H3. The molecule has 20 heavy (non-hydrogen) atoms. The van der Waals surface area contributed by atoms with Crippen molar-refractivity contribution in [1.29, 1.82) is 0 Å². The Morgan fingerprint density at radius 2 is 2.10 bits per heavy atom. The molecule has 1 aromatic rings. The smallest absolute Gasteiger partial charge is 0.120 e. The summed E-state index contributed by atoms with van der Waals surface area (Å²) in [6.45, 7) is 0.898. The highest BCUT2D eigenvalue weighted by Gasteiger charge is 2.40. The summed E-state index contributed by atoms with van der Waals surface area (Å²) in [6, 6.07) is 8.09. The molecule has 1 saturated carbocycles. The van der Waals surface area contributed by atoms with Crippen LogP contribution in [0.3, 0.4) is 0 Å². The van der Waals surface area contributed by atoms with Gasteiger partial charge < -0.3 is 14.8 Å². The van der Waals surface area contributed by atoms with Crippen molar-refractivity contribution in [3.05, 3.63) is 24.3 Å². The SMILES string of the molecule is COc1cccc(NCC2CCC3(CCCCC3)O2)c1. The summed E-state index contributed by atoms with van der Waals surface area (Å²) >= 11 is 0. The van der Waals surface area contributed by atoms with Crippen molar-refractivity contribution in [3.63, 3.8) is 0 Å². The third-order valence-corrected chi connectivity index (χ3v) is 4.71. The molecule has 1 unspecified atom stereocenters. The summed E-state index contributed by atoms with van der Waals surface area (Å²) in [5.74, 6) is 0.895. The van der Waals surface area contributed by atoms with Crippen molar-refractivity contribution in [2.75, 3.05) is 19.0 Å². The first-order valence-electron chi connectivity index (χ1n) is 7.85. The van der Waals surface area contributed by atoms with Crippen LogP contribution in [-0.4, -0.2) is 25.4 Å². The Labute approximate surface area is 121 Å². The van der Waals surface area contributed by atoms with Crippen molar-refractivity contribution >= 4 is 5.69 Å². The fraction of sp³-hybridized carbons (Fsp3) is 0.647. The highest BCUT2D eigenvalue weighted by molar-refractivity contribution is 5.48. The van der Waals surface area contributed by atoms with Crippen LogP contribution in [0.2, 0.25) is 0 Å². The van der Waals surface area contributed by atoms with Crippen LogP contribution < -0.4 is 10.1 Å². The van der Waals surface area contributed by atoms with Gasteiger partial charge in [-0.25, -0.2) is 0 Å². The van der Waals surface area contributed by atoms with Crippen molar-refractivity contribution < 1.29 is 9.47 Å². The molecule has 1 aromatic carbocycles.